The van der Waals surface area contributed by atoms with Crippen LogP contribution in [0.1, 0.15) is 11.1 Å². The van der Waals surface area contributed by atoms with Gasteiger partial charge in [0.15, 0.2) is 0 Å². The minimum absolute atomic E-state index is 0.331. The zero-order chi connectivity index (χ0) is 34.1. The summed E-state index contributed by atoms with van der Waals surface area (Å²) < 4.78 is 40.3. The molecule has 0 radical (unpaired) electrons. The van der Waals surface area contributed by atoms with Gasteiger partial charge in [0.05, 0.1) is 59.0 Å². The molecule has 0 aromatic heterocycles. The van der Waals surface area contributed by atoms with E-state index in [4.69, 9.17) is 9.47 Å². The lowest BCUT2D eigenvalue weighted by molar-refractivity contribution is 0.140. The van der Waals surface area contributed by atoms with Crippen LogP contribution in [-0.4, -0.2) is 21.6 Å². The first-order valence-electron chi connectivity index (χ1n) is 16.8. The summed E-state index contributed by atoms with van der Waals surface area (Å²) in [7, 11) is -3.71. The molecule has 6 aromatic carbocycles. The number of hydrogen-bond acceptors (Lipinski definition) is 8. The smallest absolute Gasteiger partial charge is 0.207 e. The van der Waals surface area contributed by atoms with E-state index in [-0.39, 0.29) is 0 Å². The van der Waals surface area contributed by atoms with Crippen molar-refractivity contribution in [1.82, 2.24) is 0 Å². The van der Waals surface area contributed by atoms with Gasteiger partial charge in [-0.25, -0.2) is 8.42 Å². The summed E-state index contributed by atoms with van der Waals surface area (Å²) in [4.78, 5) is 9.68. The molecule has 4 aliphatic rings. The molecule has 6 nitrogen and oxygen atoms in total. The average Bonchev–Trinajstić information content (AvgIpc) is 3.38. The third kappa shape index (κ3) is 5.14. The fourth-order valence-corrected chi connectivity index (χ4v) is 11.0. The molecule has 250 valence electrons. The Labute approximate surface area is 305 Å². The fourth-order valence-electron chi connectivity index (χ4n) is 7.28. The Kier molecular flexibility index (Phi) is 7.41. The average molecular weight is 723 g/mol. The molecule has 0 N–H and O–H groups in total. The normalized spacial score (nSPS) is 17.2. The first-order valence-corrected chi connectivity index (χ1v) is 19.9. The molecule has 0 saturated carbocycles. The third-order valence-corrected chi connectivity index (χ3v) is 13.8. The summed E-state index contributed by atoms with van der Waals surface area (Å²) >= 11 is 3.48. The standard InChI is InChI=1S/C42H30N2O4S3/c45-51(46)41-17-13-29-23-31(41)32-24-30(14-18-42(32)51)44-34-8-2-4-10-38(34)50-40-16-12-28(22-36(40)44)26-48-20-6-5-19-47-25-27-11-15-39-35(21-27)43(29)33-7-1-3-9-37(33)49-39/h1-18,21-24H,19-20,25-26H2/b6-5+. The lowest BCUT2D eigenvalue weighted by Crippen LogP contribution is -2.15. The number of sulfone groups is 1. The number of para-hydroxylation sites is 2. The molecule has 0 saturated heterocycles. The molecule has 6 aromatic rings. The maximum absolute atomic E-state index is 14.1. The molecule has 8 bridgehead atoms. The van der Waals surface area contributed by atoms with E-state index in [1.165, 1.54) is 0 Å². The fraction of sp³-hybridized carbons (Fsp3) is 0.0952. The van der Waals surface area contributed by atoms with Crippen LogP contribution in [0.4, 0.5) is 34.1 Å². The van der Waals surface area contributed by atoms with Crippen molar-refractivity contribution in [3.05, 3.63) is 145 Å². The number of hydrogen-bond donors (Lipinski definition) is 0. The van der Waals surface area contributed by atoms with Crippen LogP contribution in [-0.2, 0) is 32.5 Å². The number of benzene rings is 6. The lowest BCUT2D eigenvalue weighted by atomic mass is 10.0. The lowest BCUT2D eigenvalue weighted by Gasteiger charge is -2.34. The van der Waals surface area contributed by atoms with Gasteiger partial charge in [0.1, 0.15) is 0 Å². The molecule has 0 atom stereocenters. The molecule has 51 heavy (non-hydrogen) atoms. The Morgan fingerprint density at radius 2 is 0.941 bits per heavy atom. The van der Waals surface area contributed by atoms with Crippen molar-refractivity contribution in [2.24, 2.45) is 0 Å². The van der Waals surface area contributed by atoms with Crippen LogP contribution >= 0.6 is 23.5 Å². The van der Waals surface area contributed by atoms with Crippen LogP contribution in [0, 0.1) is 0 Å². The monoisotopic (exact) mass is 722 g/mol. The zero-order valence-corrected chi connectivity index (χ0v) is 29.7. The minimum Gasteiger partial charge on any atom is -0.373 e. The summed E-state index contributed by atoms with van der Waals surface area (Å²) in [5.41, 5.74) is 9.50. The molecular formula is C42H30N2O4S3. The predicted octanol–water partition coefficient (Wildman–Crippen LogP) is 11.0. The Morgan fingerprint density at radius 1 is 0.490 bits per heavy atom. The van der Waals surface area contributed by atoms with Crippen molar-refractivity contribution in [3.63, 3.8) is 0 Å². The van der Waals surface area contributed by atoms with Gasteiger partial charge in [0, 0.05) is 42.1 Å². The number of nitrogens with zero attached hydrogens (tertiary/aromatic N) is 2. The molecule has 4 aliphatic heterocycles. The van der Waals surface area contributed by atoms with Crippen molar-refractivity contribution in [2.45, 2.75) is 42.6 Å². The molecule has 0 amide bonds. The van der Waals surface area contributed by atoms with Gasteiger partial charge in [-0.15, -0.1) is 0 Å². The molecule has 0 aliphatic carbocycles. The molecule has 0 fully saturated rings. The summed E-state index contributed by atoms with van der Waals surface area (Å²) in [6.07, 6.45) is 4.01. The third-order valence-electron chi connectivity index (χ3n) is 9.62. The first kappa shape index (κ1) is 31.0. The van der Waals surface area contributed by atoms with E-state index < -0.39 is 9.84 Å². The highest BCUT2D eigenvalue weighted by Crippen LogP contribution is 2.56. The van der Waals surface area contributed by atoms with Crippen LogP contribution in [0.5, 0.6) is 0 Å². The maximum atomic E-state index is 14.1. The summed E-state index contributed by atoms with van der Waals surface area (Å²) in [6, 6.07) is 41.1. The number of rotatable bonds is 0. The van der Waals surface area contributed by atoms with E-state index in [0.717, 1.165) is 64.8 Å². The van der Waals surface area contributed by atoms with Gasteiger partial charge in [0.2, 0.25) is 9.84 Å². The van der Waals surface area contributed by atoms with Crippen LogP contribution < -0.4 is 9.80 Å². The van der Waals surface area contributed by atoms with Crippen LogP contribution in [0.3, 0.4) is 0 Å². The van der Waals surface area contributed by atoms with Crippen LogP contribution in [0.15, 0.2) is 163 Å². The van der Waals surface area contributed by atoms with Gasteiger partial charge in [-0.2, -0.15) is 0 Å². The van der Waals surface area contributed by atoms with Gasteiger partial charge in [-0.3, -0.25) is 0 Å². The Hall–Kier alpha value is -4.77. The highest BCUT2D eigenvalue weighted by Gasteiger charge is 2.36. The largest absolute Gasteiger partial charge is 0.373 e. The second kappa shape index (κ2) is 12.2. The zero-order valence-electron chi connectivity index (χ0n) is 27.3. The molecule has 0 spiro atoms. The SMILES string of the molecule is O=S1(=O)c2ccc3cc2-c2cc(ccc21)N1c2ccccc2Sc2ccc(cc21)COC/C=C/COCc1ccc2c(c1)N3c1ccccc1S2. The van der Waals surface area contributed by atoms with Gasteiger partial charge < -0.3 is 19.3 Å². The Balaban J connectivity index is 1.18. The van der Waals surface area contributed by atoms with Crippen molar-refractivity contribution in [1.29, 1.82) is 0 Å². The van der Waals surface area contributed by atoms with Crippen molar-refractivity contribution < 1.29 is 17.9 Å². The van der Waals surface area contributed by atoms with Crippen molar-refractivity contribution in [2.75, 3.05) is 23.0 Å². The second-order valence-corrected chi connectivity index (χ2v) is 16.8. The molecule has 10 rings (SSSR count). The van der Waals surface area contributed by atoms with Crippen molar-refractivity contribution >= 4 is 67.5 Å². The first-order chi connectivity index (χ1) is 25.0. The molecular weight excluding hydrogens is 693 g/mol. The number of anilines is 6. The summed E-state index contributed by atoms with van der Waals surface area (Å²) in [5.74, 6) is 0. The highest BCUT2D eigenvalue weighted by molar-refractivity contribution is 8.00. The number of ether oxygens (including phenoxy) is 2. The molecule has 4 heterocycles. The van der Waals surface area contributed by atoms with Crippen molar-refractivity contribution in [3.8, 4) is 11.1 Å². The molecule has 0 unspecified atom stereocenters. The quantitative estimate of drug-likeness (QED) is 0.143. The Bertz CT molecular complexity index is 2380. The van der Waals surface area contributed by atoms with Gasteiger partial charge >= 0.3 is 0 Å². The molecule has 9 heteroatoms. The maximum Gasteiger partial charge on any atom is 0.207 e. The van der Waals surface area contributed by atoms with E-state index in [0.29, 0.717) is 47.3 Å². The second-order valence-electron chi connectivity index (χ2n) is 12.8. The Morgan fingerprint density at radius 3 is 1.43 bits per heavy atom. The van der Waals surface area contributed by atoms with Crippen LogP contribution in [0.25, 0.3) is 11.1 Å². The highest BCUT2D eigenvalue weighted by atomic mass is 32.2. The van der Waals surface area contributed by atoms with E-state index in [2.05, 4.69) is 82.6 Å². The minimum atomic E-state index is -3.71. The summed E-state index contributed by atoms with van der Waals surface area (Å²) in [5, 5.41) is 0. The van der Waals surface area contributed by atoms with Gasteiger partial charge in [-0.1, -0.05) is 72.1 Å². The number of fused-ring (bicyclic) bond motifs is 10. The predicted molar refractivity (Wildman–Crippen MR) is 203 cm³/mol. The topological polar surface area (TPSA) is 59.1 Å². The van der Waals surface area contributed by atoms with E-state index in [1.807, 2.05) is 48.6 Å². The van der Waals surface area contributed by atoms with E-state index in [1.54, 1.807) is 35.7 Å². The van der Waals surface area contributed by atoms with Gasteiger partial charge in [0.25, 0.3) is 0 Å². The van der Waals surface area contributed by atoms with E-state index >= 15 is 0 Å². The van der Waals surface area contributed by atoms with E-state index in [9.17, 15) is 8.42 Å². The van der Waals surface area contributed by atoms with Gasteiger partial charge in [-0.05, 0) is 96.1 Å². The van der Waals surface area contributed by atoms with Crippen LogP contribution in [0.2, 0.25) is 0 Å². The summed E-state index contributed by atoms with van der Waals surface area (Å²) in [6.45, 7) is 1.88.